The van der Waals surface area contributed by atoms with Gasteiger partial charge in [0.2, 0.25) is 0 Å². The predicted molar refractivity (Wildman–Crippen MR) is 171 cm³/mol. The van der Waals surface area contributed by atoms with Crippen LogP contribution in [0, 0.1) is 10.8 Å². The molecule has 8 nitrogen and oxygen atoms in total. The van der Waals surface area contributed by atoms with Gasteiger partial charge >= 0.3 is 0 Å². The maximum Gasteiger partial charge on any atom is 0.170 e. The van der Waals surface area contributed by atoms with Crippen molar-refractivity contribution in [3.63, 3.8) is 0 Å². The second-order valence-corrected chi connectivity index (χ2v) is 7.99. The van der Waals surface area contributed by atoms with Gasteiger partial charge in [0.05, 0.1) is 24.3 Å². The number of rotatable bonds is 5. The van der Waals surface area contributed by atoms with E-state index in [1.54, 1.807) is 19.2 Å². The molecule has 1 aliphatic rings. The van der Waals surface area contributed by atoms with Gasteiger partial charge in [0.1, 0.15) is 17.0 Å². The summed E-state index contributed by atoms with van der Waals surface area (Å²) < 4.78 is 11.4. The number of aldehydes is 1. The topological polar surface area (TPSA) is 133 Å². The third-order valence-corrected chi connectivity index (χ3v) is 4.63. The molecule has 5 N–H and O–H groups in total. The zero-order valence-electron chi connectivity index (χ0n) is 24.1. The lowest BCUT2D eigenvalue weighted by Gasteiger charge is -2.02. The van der Waals surface area contributed by atoms with Crippen LogP contribution in [0.2, 0.25) is 0 Å². The highest BCUT2D eigenvalue weighted by Crippen LogP contribution is 2.21. The number of alkyl halides is 1. The SMILES string of the molecule is C.C=CC.C=CC(=N)C(C)=N.CCC.CF.NC[C@@H]1CCCN1.O=Cc1nc2ccccn2c1-c1ccccn1. The highest BCUT2D eigenvalue weighted by atomic mass is 19.1. The van der Waals surface area contributed by atoms with Crippen LogP contribution in [0.25, 0.3) is 17.0 Å². The minimum atomic E-state index is 0. The minimum absolute atomic E-state index is 0. The Morgan fingerprint density at radius 2 is 1.80 bits per heavy atom. The molecule has 9 heteroatoms. The number of pyridine rings is 2. The predicted octanol–water partition coefficient (Wildman–Crippen LogP) is 6.97. The third kappa shape index (κ3) is 16.2. The number of allylic oxidation sites excluding steroid dienone is 2. The third-order valence-electron chi connectivity index (χ3n) is 4.63. The number of carbonyl (C=O) groups excluding carboxylic acids is 1. The number of imidazole rings is 1. The average molecular weight is 556 g/mol. The van der Waals surface area contributed by atoms with Gasteiger partial charge in [-0.3, -0.25) is 24.0 Å². The van der Waals surface area contributed by atoms with Crippen molar-refractivity contribution in [2.24, 2.45) is 5.73 Å². The highest BCUT2D eigenvalue weighted by molar-refractivity contribution is 6.43. The highest BCUT2D eigenvalue weighted by Gasteiger charge is 2.13. The molecule has 0 saturated carbocycles. The fraction of sp³-hybridized carbons (Fsp3) is 0.387. The number of hydrogen-bond donors (Lipinski definition) is 4. The van der Waals surface area contributed by atoms with Crippen LogP contribution in [0.4, 0.5) is 4.39 Å². The van der Waals surface area contributed by atoms with Crippen LogP contribution in [0.3, 0.4) is 0 Å². The van der Waals surface area contributed by atoms with E-state index in [2.05, 4.69) is 42.3 Å². The van der Waals surface area contributed by atoms with E-state index >= 15 is 0 Å². The Bertz CT molecular complexity index is 1090. The molecular formula is C31H50FN7O. The molecule has 0 spiro atoms. The van der Waals surface area contributed by atoms with Crippen LogP contribution >= 0.6 is 0 Å². The largest absolute Gasteiger partial charge is 0.329 e. The van der Waals surface area contributed by atoms with E-state index in [1.807, 2.05) is 53.9 Å². The number of nitrogens with zero attached hydrogens (tertiary/aromatic N) is 3. The van der Waals surface area contributed by atoms with Crippen molar-refractivity contribution in [1.29, 1.82) is 10.8 Å². The Hall–Kier alpha value is -3.82. The Balaban J connectivity index is -0.000000501. The molecule has 0 aromatic carbocycles. The molecule has 0 aliphatic carbocycles. The molecule has 0 unspecified atom stereocenters. The van der Waals surface area contributed by atoms with Gasteiger partial charge in [0, 0.05) is 25.0 Å². The summed E-state index contributed by atoms with van der Waals surface area (Å²) in [6.45, 7) is 16.4. The fourth-order valence-electron chi connectivity index (χ4n) is 2.96. The smallest absolute Gasteiger partial charge is 0.170 e. The van der Waals surface area contributed by atoms with Crippen LogP contribution in [0.15, 0.2) is 74.1 Å². The van der Waals surface area contributed by atoms with Crippen molar-refractivity contribution >= 4 is 23.4 Å². The van der Waals surface area contributed by atoms with Gasteiger partial charge in [0.25, 0.3) is 0 Å². The molecule has 222 valence electrons. The van der Waals surface area contributed by atoms with Crippen LogP contribution < -0.4 is 11.1 Å². The minimum Gasteiger partial charge on any atom is -0.329 e. The number of fused-ring (bicyclic) bond motifs is 1. The molecule has 0 bridgehead atoms. The summed E-state index contributed by atoms with van der Waals surface area (Å²) in [6.07, 6.45) is 11.3. The molecule has 3 aromatic heterocycles. The second-order valence-electron chi connectivity index (χ2n) is 7.99. The maximum atomic E-state index is 11.1. The van der Waals surface area contributed by atoms with Crippen molar-refractivity contribution in [3.8, 4) is 11.4 Å². The fourth-order valence-corrected chi connectivity index (χ4v) is 2.96. The monoisotopic (exact) mass is 555 g/mol. The lowest BCUT2D eigenvalue weighted by atomic mass is 10.2. The molecule has 4 rings (SSSR count). The first-order valence-electron chi connectivity index (χ1n) is 12.8. The normalized spacial score (nSPS) is 12.2. The molecule has 1 fully saturated rings. The maximum absolute atomic E-state index is 11.1. The van der Waals surface area contributed by atoms with Gasteiger partial charge in [-0.15, -0.1) is 6.58 Å². The second kappa shape index (κ2) is 26.8. The number of nitrogens with one attached hydrogen (secondary N) is 3. The Morgan fingerprint density at radius 1 is 1.20 bits per heavy atom. The summed E-state index contributed by atoms with van der Waals surface area (Å²) in [5.74, 6) is 0. The van der Waals surface area contributed by atoms with E-state index in [9.17, 15) is 9.18 Å². The Labute approximate surface area is 240 Å². The quantitative estimate of drug-likeness (QED) is 0.153. The number of hydrogen-bond acceptors (Lipinski definition) is 7. The van der Waals surface area contributed by atoms with Crippen LogP contribution in [-0.2, 0) is 0 Å². The van der Waals surface area contributed by atoms with Gasteiger partial charge in [-0.2, -0.15) is 0 Å². The van der Waals surface area contributed by atoms with Gasteiger partial charge < -0.3 is 16.5 Å². The molecule has 1 atom stereocenters. The number of nitrogens with two attached hydrogens (primary N) is 1. The molecular weight excluding hydrogens is 505 g/mol. The first-order chi connectivity index (χ1) is 18.8. The van der Waals surface area contributed by atoms with E-state index in [-0.39, 0.29) is 18.9 Å². The first kappa shape index (κ1) is 40.7. The van der Waals surface area contributed by atoms with Gasteiger partial charge in [-0.25, -0.2) is 4.98 Å². The Morgan fingerprint density at radius 3 is 2.17 bits per heavy atom. The van der Waals surface area contributed by atoms with Crippen LogP contribution in [-0.4, -0.2) is 58.4 Å². The van der Waals surface area contributed by atoms with E-state index in [0.717, 1.165) is 29.9 Å². The standard InChI is InChI=1S/C13H9N3O.C5H12N2.C5H8N2.C3H8.C3H6.CH3F.CH4/c17-9-11-13(10-5-1-3-7-14-10)16-8-4-2-6-12(16)15-11;6-4-5-2-1-3-7-5;1-3-5(7)4(2)6;2*1-3-2;1-2;/h1-9H;5,7H,1-4,6H2;3,6-7H,1H2,2H3;3H2,1-2H3;3H,1H2,2H3;1H3;1H4/t;5-;;;;;/m.0...../s1. The van der Waals surface area contributed by atoms with E-state index < -0.39 is 0 Å². The van der Waals surface area contributed by atoms with E-state index in [1.165, 1.54) is 31.9 Å². The van der Waals surface area contributed by atoms with Crippen molar-refractivity contribution in [2.45, 2.75) is 60.4 Å². The number of carbonyl (C=O) groups is 1. The lowest BCUT2D eigenvalue weighted by molar-refractivity contribution is 0.112. The average Bonchev–Trinajstić information content (AvgIpc) is 3.63. The summed E-state index contributed by atoms with van der Waals surface area (Å²) in [4.78, 5) is 19.6. The first-order valence-corrected chi connectivity index (χ1v) is 12.8. The summed E-state index contributed by atoms with van der Waals surface area (Å²) in [7, 11) is 0.500. The van der Waals surface area contributed by atoms with E-state index in [0.29, 0.717) is 18.9 Å². The number of halogens is 1. The molecule has 0 radical (unpaired) electrons. The van der Waals surface area contributed by atoms with Crippen molar-refractivity contribution in [3.05, 3.63) is 79.8 Å². The Kier molecular flexibility index (Phi) is 27.2. The van der Waals surface area contributed by atoms with Crippen molar-refractivity contribution in [2.75, 3.05) is 20.3 Å². The molecule has 3 aromatic rings. The van der Waals surface area contributed by atoms with Gasteiger partial charge in [-0.05, 0) is 63.6 Å². The molecule has 0 amide bonds. The summed E-state index contributed by atoms with van der Waals surface area (Å²) in [6, 6.07) is 11.9. The van der Waals surface area contributed by atoms with Crippen molar-refractivity contribution in [1.82, 2.24) is 19.7 Å². The zero-order chi connectivity index (χ0) is 30.1. The van der Waals surface area contributed by atoms with E-state index in [4.69, 9.17) is 16.6 Å². The van der Waals surface area contributed by atoms with Crippen molar-refractivity contribution < 1.29 is 9.18 Å². The molecule has 40 heavy (non-hydrogen) atoms. The molecule has 1 saturated heterocycles. The number of aromatic nitrogens is 3. The zero-order valence-corrected chi connectivity index (χ0v) is 24.1. The van der Waals surface area contributed by atoms with Crippen LogP contribution in [0.5, 0.6) is 0 Å². The molecule has 1 aliphatic heterocycles. The van der Waals surface area contributed by atoms with Gasteiger partial charge in [-0.1, -0.05) is 52.5 Å². The van der Waals surface area contributed by atoms with Gasteiger partial charge in [0.15, 0.2) is 6.29 Å². The summed E-state index contributed by atoms with van der Waals surface area (Å²) >= 11 is 0. The lowest BCUT2D eigenvalue weighted by Crippen LogP contribution is -2.29. The summed E-state index contributed by atoms with van der Waals surface area (Å²) in [5.41, 5.74) is 8.46. The van der Waals surface area contributed by atoms with Crippen LogP contribution in [0.1, 0.15) is 64.9 Å². The summed E-state index contributed by atoms with van der Waals surface area (Å²) in [5, 5.41) is 16.9. The molecule has 4 heterocycles.